The van der Waals surface area contributed by atoms with Crippen LogP contribution in [0.3, 0.4) is 0 Å². The van der Waals surface area contributed by atoms with Crippen LogP contribution < -0.4 is 0 Å². The Morgan fingerprint density at radius 3 is 2.10 bits per heavy atom. The summed E-state index contributed by atoms with van der Waals surface area (Å²) in [4.78, 5) is 23.9. The highest BCUT2D eigenvalue weighted by molar-refractivity contribution is 6.44. The minimum Gasteiger partial charge on any atom is -0.504 e. The van der Waals surface area contributed by atoms with Crippen LogP contribution in [0, 0.1) is 0 Å². The van der Waals surface area contributed by atoms with E-state index in [0.29, 0.717) is 5.56 Å². The van der Waals surface area contributed by atoms with Gasteiger partial charge in [0.25, 0.3) is 0 Å². The molecule has 2 aromatic carbocycles. The van der Waals surface area contributed by atoms with Crippen LogP contribution in [0.2, 0.25) is 0 Å². The second-order valence-corrected chi connectivity index (χ2v) is 4.40. The van der Waals surface area contributed by atoms with Crippen molar-refractivity contribution in [2.45, 2.75) is 6.42 Å². The molecule has 0 aliphatic heterocycles. The first-order valence-corrected chi connectivity index (χ1v) is 6.00. The van der Waals surface area contributed by atoms with Gasteiger partial charge in [0.15, 0.2) is 11.5 Å². The molecule has 2 rings (SSSR count). The Kier molecular flexibility index (Phi) is 3.80. The highest BCUT2D eigenvalue weighted by Gasteiger charge is 2.25. The number of hydrogen-bond acceptors (Lipinski definition) is 6. The van der Waals surface area contributed by atoms with Gasteiger partial charge in [-0.05, 0) is 11.6 Å². The number of benzene rings is 2. The normalized spacial score (nSPS) is 10.3. The lowest BCUT2D eigenvalue weighted by atomic mass is 10.00. The highest BCUT2D eigenvalue weighted by Crippen LogP contribution is 2.43. The molecule has 0 aliphatic carbocycles. The van der Waals surface area contributed by atoms with E-state index in [4.69, 9.17) is 0 Å². The molecule has 0 radical (unpaired) electrons. The van der Waals surface area contributed by atoms with Crippen molar-refractivity contribution in [3.8, 4) is 23.0 Å². The number of rotatable bonds is 4. The number of hydrogen-bond donors (Lipinski definition) is 4. The van der Waals surface area contributed by atoms with Crippen LogP contribution in [0.25, 0.3) is 0 Å². The van der Waals surface area contributed by atoms with Crippen molar-refractivity contribution in [3.63, 3.8) is 0 Å². The molecule has 0 unspecified atom stereocenters. The van der Waals surface area contributed by atoms with Gasteiger partial charge in [0, 0.05) is 6.42 Å². The molecule has 0 saturated heterocycles. The van der Waals surface area contributed by atoms with Crippen molar-refractivity contribution in [2.75, 3.05) is 0 Å². The number of ketones is 2. The third-order valence-corrected chi connectivity index (χ3v) is 2.93. The number of Topliss-reactive ketones (excluding diaryl/α,β-unsaturated/α-hetero) is 2. The van der Waals surface area contributed by atoms with Crippen molar-refractivity contribution in [3.05, 3.63) is 47.5 Å². The van der Waals surface area contributed by atoms with Crippen molar-refractivity contribution in [1.82, 2.24) is 0 Å². The van der Waals surface area contributed by atoms with E-state index in [-0.39, 0.29) is 6.42 Å². The summed E-state index contributed by atoms with van der Waals surface area (Å²) in [5, 5.41) is 37.5. The Balaban J connectivity index is 2.30. The lowest BCUT2D eigenvalue weighted by molar-refractivity contribution is -0.114. The molecular weight excluding hydrogens is 276 g/mol. The standard InChI is InChI=1S/C15H12O6/c16-10(6-8-4-2-1-3-5-8)12(18)9-7-11(17)14(20)15(21)13(9)19/h1-5,7,17,19-21H,6H2. The van der Waals surface area contributed by atoms with Crippen LogP contribution in [0.4, 0.5) is 0 Å². The van der Waals surface area contributed by atoms with Gasteiger partial charge in [0.05, 0.1) is 5.56 Å². The summed E-state index contributed by atoms with van der Waals surface area (Å²) >= 11 is 0. The maximum atomic E-state index is 12.0. The van der Waals surface area contributed by atoms with E-state index in [1.165, 1.54) is 0 Å². The summed E-state index contributed by atoms with van der Waals surface area (Å²) in [5.74, 6) is -5.65. The number of phenolic OH excluding ortho intramolecular Hbond substituents is 4. The molecular formula is C15H12O6. The van der Waals surface area contributed by atoms with Gasteiger partial charge in [0.2, 0.25) is 23.1 Å². The van der Waals surface area contributed by atoms with Gasteiger partial charge < -0.3 is 20.4 Å². The maximum absolute atomic E-state index is 12.0. The molecule has 0 amide bonds. The van der Waals surface area contributed by atoms with Gasteiger partial charge in [0.1, 0.15) is 0 Å². The van der Waals surface area contributed by atoms with Crippen LogP contribution in [-0.2, 0) is 11.2 Å². The fourth-order valence-corrected chi connectivity index (χ4v) is 1.82. The van der Waals surface area contributed by atoms with E-state index in [0.717, 1.165) is 6.07 Å². The largest absolute Gasteiger partial charge is 0.504 e. The minimum atomic E-state index is -1.07. The molecule has 0 aliphatic rings. The summed E-state index contributed by atoms with van der Waals surface area (Å²) in [6, 6.07) is 9.24. The average Bonchev–Trinajstić information content (AvgIpc) is 2.49. The summed E-state index contributed by atoms with van der Waals surface area (Å²) in [6.45, 7) is 0. The zero-order valence-corrected chi connectivity index (χ0v) is 10.8. The van der Waals surface area contributed by atoms with E-state index in [1.807, 2.05) is 0 Å². The Labute approximate surface area is 119 Å². The summed E-state index contributed by atoms with van der Waals surface area (Å²) in [7, 11) is 0. The molecule has 0 fully saturated rings. The fourth-order valence-electron chi connectivity index (χ4n) is 1.82. The van der Waals surface area contributed by atoms with Crippen LogP contribution in [0.15, 0.2) is 36.4 Å². The van der Waals surface area contributed by atoms with Crippen molar-refractivity contribution < 1.29 is 30.0 Å². The van der Waals surface area contributed by atoms with E-state index in [1.54, 1.807) is 30.3 Å². The van der Waals surface area contributed by atoms with E-state index in [9.17, 15) is 30.0 Å². The Morgan fingerprint density at radius 2 is 1.48 bits per heavy atom. The number of carbonyl (C=O) groups is 2. The molecule has 2 aromatic rings. The van der Waals surface area contributed by atoms with Crippen LogP contribution in [-0.4, -0.2) is 32.0 Å². The summed E-state index contributed by atoms with van der Waals surface area (Å²) in [6.07, 6.45) is -0.179. The lowest BCUT2D eigenvalue weighted by Crippen LogP contribution is -2.16. The van der Waals surface area contributed by atoms with E-state index < -0.39 is 40.1 Å². The molecule has 0 spiro atoms. The average molecular weight is 288 g/mol. The molecule has 21 heavy (non-hydrogen) atoms. The topological polar surface area (TPSA) is 115 Å². The number of carbonyl (C=O) groups excluding carboxylic acids is 2. The van der Waals surface area contributed by atoms with Crippen LogP contribution >= 0.6 is 0 Å². The van der Waals surface area contributed by atoms with Crippen LogP contribution in [0.5, 0.6) is 23.0 Å². The van der Waals surface area contributed by atoms with Gasteiger partial charge >= 0.3 is 0 Å². The molecule has 6 nitrogen and oxygen atoms in total. The highest BCUT2D eigenvalue weighted by atomic mass is 16.3. The Bertz CT molecular complexity index is 706. The first kappa shape index (κ1) is 14.4. The Morgan fingerprint density at radius 1 is 0.857 bits per heavy atom. The molecule has 0 heterocycles. The Hall–Kier alpha value is -3.02. The fraction of sp³-hybridized carbons (Fsp3) is 0.0667. The van der Waals surface area contributed by atoms with Crippen LogP contribution in [0.1, 0.15) is 15.9 Å². The van der Waals surface area contributed by atoms with Crippen molar-refractivity contribution in [2.24, 2.45) is 0 Å². The molecule has 6 heteroatoms. The number of aromatic hydroxyl groups is 4. The SMILES string of the molecule is O=C(Cc1ccccc1)C(=O)c1cc(O)c(O)c(O)c1O. The van der Waals surface area contributed by atoms with E-state index >= 15 is 0 Å². The van der Waals surface area contributed by atoms with Gasteiger partial charge in [-0.2, -0.15) is 0 Å². The quantitative estimate of drug-likeness (QED) is 0.293. The zero-order chi connectivity index (χ0) is 15.6. The lowest BCUT2D eigenvalue weighted by Gasteiger charge is -2.08. The van der Waals surface area contributed by atoms with Crippen molar-refractivity contribution in [1.29, 1.82) is 0 Å². The third kappa shape index (κ3) is 2.79. The molecule has 0 saturated carbocycles. The van der Waals surface area contributed by atoms with E-state index in [2.05, 4.69) is 0 Å². The predicted molar refractivity (Wildman–Crippen MR) is 72.6 cm³/mol. The minimum absolute atomic E-state index is 0.179. The number of phenols is 4. The second kappa shape index (κ2) is 5.54. The van der Waals surface area contributed by atoms with Gasteiger partial charge in [-0.1, -0.05) is 30.3 Å². The third-order valence-electron chi connectivity index (χ3n) is 2.93. The first-order chi connectivity index (χ1) is 9.91. The smallest absolute Gasteiger partial charge is 0.232 e. The van der Waals surface area contributed by atoms with Gasteiger partial charge in [-0.3, -0.25) is 9.59 Å². The second-order valence-electron chi connectivity index (χ2n) is 4.40. The molecule has 108 valence electrons. The summed E-state index contributed by atoms with van der Waals surface area (Å²) < 4.78 is 0. The van der Waals surface area contributed by atoms with Gasteiger partial charge in [-0.25, -0.2) is 0 Å². The van der Waals surface area contributed by atoms with Crippen molar-refractivity contribution >= 4 is 11.6 Å². The molecule has 0 atom stereocenters. The monoisotopic (exact) mass is 288 g/mol. The molecule has 0 aromatic heterocycles. The zero-order valence-electron chi connectivity index (χ0n) is 10.8. The molecule has 0 bridgehead atoms. The predicted octanol–water partition coefficient (Wildman–Crippen LogP) is 1.50. The van der Waals surface area contributed by atoms with Gasteiger partial charge in [-0.15, -0.1) is 0 Å². The first-order valence-electron chi connectivity index (χ1n) is 6.00. The summed E-state index contributed by atoms with van der Waals surface area (Å²) in [5.41, 5.74) is 0.0475. The maximum Gasteiger partial charge on any atom is 0.232 e. The molecule has 4 N–H and O–H groups in total.